The molecule has 0 heterocycles. The van der Waals surface area contributed by atoms with Gasteiger partial charge in [-0.05, 0) is 57.2 Å². The van der Waals surface area contributed by atoms with Crippen LogP contribution in [0, 0.1) is 11.7 Å². The molecule has 3 N–H and O–H groups in total. The maximum absolute atomic E-state index is 14.3. The molecule has 2 rings (SSSR count). The molecule has 0 radical (unpaired) electrons. The van der Waals surface area contributed by atoms with Gasteiger partial charge >= 0.3 is 0 Å². The number of guanidine groups is 1. The van der Waals surface area contributed by atoms with Crippen LogP contribution in [0.3, 0.4) is 0 Å². The first kappa shape index (κ1) is 25.9. The molecule has 1 unspecified atom stereocenters. The Morgan fingerprint density at radius 3 is 2.55 bits per heavy atom. The standard InChI is InChI=1S/C19H31FN4O3S.HI/c1-13(15-8-9-17(16(20)10-15)27-11-14-6-7-14)23-18(21-4)22-12-19(2,3)24-28(5,25)26;/h8-10,13-14,24H,6-7,11-12H2,1-5H3,(H2,21,22,23);1H. The molecule has 0 aliphatic heterocycles. The van der Waals surface area contributed by atoms with Crippen LogP contribution in [-0.2, 0) is 10.0 Å². The highest BCUT2D eigenvalue weighted by molar-refractivity contribution is 14.0. The number of aliphatic imine (C=N–C) groups is 1. The van der Waals surface area contributed by atoms with Crippen molar-refractivity contribution in [3.05, 3.63) is 29.6 Å². The van der Waals surface area contributed by atoms with Crippen LogP contribution in [-0.4, -0.2) is 46.4 Å². The molecule has 1 saturated carbocycles. The molecule has 1 aromatic carbocycles. The smallest absolute Gasteiger partial charge is 0.209 e. The third-order valence-electron chi connectivity index (χ3n) is 4.36. The summed E-state index contributed by atoms with van der Waals surface area (Å²) in [6.45, 7) is 6.33. The molecule has 0 aromatic heterocycles. The van der Waals surface area contributed by atoms with E-state index >= 15 is 0 Å². The van der Waals surface area contributed by atoms with E-state index in [1.807, 2.05) is 13.0 Å². The van der Waals surface area contributed by atoms with Crippen LogP contribution < -0.4 is 20.1 Å². The Balaban J connectivity index is 0.00000420. The van der Waals surface area contributed by atoms with Crippen molar-refractivity contribution in [3.63, 3.8) is 0 Å². The van der Waals surface area contributed by atoms with Gasteiger partial charge < -0.3 is 15.4 Å². The van der Waals surface area contributed by atoms with Crippen molar-refractivity contribution in [2.45, 2.75) is 45.2 Å². The van der Waals surface area contributed by atoms with E-state index in [1.165, 1.54) is 6.07 Å². The molecule has 29 heavy (non-hydrogen) atoms. The summed E-state index contributed by atoms with van der Waals surface area (Å²) in [4.78, 5) is 4.15. The van der Waals surface area contributed by atoms with Crippen molar-refractivity contribution in [1.29, 1.82) is 0 Å². The molecule has 10 heteroatoms. The average molecular weight is 542 g/mol. The lowest BCUT2D eigenvalue weighted by Crippen LogP contribution is -2.53. The summed E-state index contributed by atoms with van der Waals surface area (Å²) in [5, 5.41) is 6.27. The van der Waals surface area contributed by atoms with Gasteiger partial charge in [0.2, 0.25) is 10.0 Å². The van der Waals surface area contributed by atoms with E-state index < -0.39 is 15.6 Å². The summed E-state index contributed by atoms with van der Waals surface area (Å²) in [6.07, 6.45) is 3.43. The molecule has 0 bridgehead atoms. The van der Waals surface area contributed by atoms with Crippen molar-refractivity contribution >= 4 is 40.0 Å². The molecule has 1 aliphatic rings. The Hall–Kier alpha value is -1.14. The average Bonchev–Trinajstić information content (AvgIpc) is 3.39. The van der Waals surface area contributed by atoms with Gasteiger partial charge in [-0.15, -0.1) is 24.0 Å². The van der Waals surface area contributed by atoms with E-state index in [0.29, 0.717) is 25.0 Å². The van der Waals surface area contributed by atoms with Crippen LogP contribution in [0.1, 0.15) is 45.2 Å². The summed E-state index contributed by atoms with van der Waals surface area (Å²) >= 11 is 0. The number of ether oxygens (including phenoxy) is 1. The van der Waals surface area contributed by atoms with Crippen molar-refractivity contribution in [2.75, 3.05) is 26.5 Å². The number of hydrogen-bond acceptors (Lipinski definition) is 4. The van der Waals surface area contributed by atoms with E-state index in [9.17, 15) is 12.8 Å². The predicted molar refractivity (Wildman–Crippen MR) is 125 cm³/mol. The Morgan fingerprint density at radius 2 is 2.03 bits per heavy atom. The zero-order valence-electron chi connectivity index (χ0n) is 17.6. The molecule has 1 aromatic rings. The number of rotatable bonds is 9. The minimum atomic E-state index is -3.32. The normalized spacial score (nSPS) is 16.0. The van der Waals surface area contributed by atoms with Crippen molar-refractivity contribution in [2.24, 2.45) is 10.9 Å². The summed E-state index contributed by atoms with van der Waals surface area (Å²) in [7, 11) is -1.70. The second kappa shape index (κ2) is 10.8. The highest BCUT2D eigenvalue weighted by Crippen LogP contribution is 2.30. The summed E-state index contributed by atoms with van der Waals surface area (Å²) in [5.41, 5.74) is 0.0638. The van der Waals surface area contributed by atoms with Gasteiger partial charge in [0, 0.05) is 19.1 Å². The minimum Gasteiger partial charge on any atom is -0.490 e. The van der Waals surface area contributed by atoms with Crippen molar-refractivity contribution in [1.82, 2.24) is 15.4 Å². The Labute approximate surface area is 190 Å². The highest BCUT2D eigenvalue weighted by Gasteiger charge is 2.24. The molecule has 1 aliphatic carbocycles. The SMILES string of the molecule is CN=C(NCC(C)(C)NS(C)(=O)=O)NC(C)c1ccc(OCC2CC2)c(F)c1.I. The van der Waals surface area contributed by atoms with Gasteiger partial charge in [0.1, 0.15) is 0 Å². The third-order valence-corrected chi connectivity index (χ3v) is 5.29. The van der Waals surface area contributed by atoms with Gasteiger partial charge in [-0.25, -0.2) is 17.5 Å². The second-order valence-corrected chi connectivity index (χ2v) is 9.74. The number of nitrogens with one attached hydrogen (secondary N) is 3. The van der Waals surface area contributed by atoms with Crippen LogP contribution in [0.5, 0.6) is 5.75 Å². The Bertz CT molecular complexity index is 814. The monoisotopic (exact) mass is 542 g/mol. The minimum absolute atomic E-state index is 0. The molecule has 0 spiro atoms. The number of halogens is 2. The topological polar surface area (TPSA) is 91.8 Å². The van der Waals surface area contributed by atoms with Gasteiger partial charge in [-0.3, -0.25) is 4.99 Å². The summed E-state index contributed by atoms with van der Waals surface area (Å²) < 4.78 is 45.3. The molecular weight excluding hydrogens is 510 g/mol. The number of sulfonamides is 1. The lowest BCUT2D eigenvalue weighted by Gasteiger charge is -2.27. The van der Waals surface area contributed by atoms with Crippen LogP contribution in [0.2, 0.25) is 0 Å². The first-order chi connectivity index (χ1) is 13.0. The third kappa shape index (κ3) is 9.47. The summed E-state index contributed by atoms with van der Waals surface area (Å²) in [6, 6.07) is 4.73. The van der Waals surface area contributed by atoms with Crippen LogP contribution in [0.4, 0.5) is 4.39 Å². The highest BCUT2D eigenvalue weighted by atomic mass is 127. The van der Waals surface area contributed by atoms with Gasteiger partial charge in [0.05, 0.1) is 18.9 Å². The molecule has 166 valence electrons. The summed E-state index contributed by atoms with van der Waals surface area (Å²) in [5.74, 6) is 0.952. The van der Waals surface area contributed by atoms with Crippen LogP contribution >= 0.6 is 24.0 Å². The molecule has 0 saturated heterocycles. The van der Waals surface area contributed by atoms with E-state index in [2.05, 4.69) is 20.3 Å². The second-order valence-electron chi connectivity index (χ2n) is 7.99. The van der Waals surface area contributed by atoms with Gasteiger partial charge in [-0.1, -0.05) is 6.07 Å². The van der Waals surface area contributed by atoms with Crippen molar-refractivity contribution in [3.8, 4) is 5.75 Å². The Morgan fingerprint density at radius 1 is 1.38 bits per heavy atom. The number of benzene rings is 1. The molecule has 7 nitrogen and oxygen atoms in total. The molecule has 1 fully saturated rings. The maximum Gasteiger partial charge on any atom is 0.209 e. The van der Waals surface area contributed by atoms with Gasteiger partial charge in [0.15, 0.2) is 17.5 Å². The zero-order chi connectivity index (χ0) is 20.9. The van der Waals surface area contributed by atoms with E-state index in [1.54, 1.807) is 27.0 Å². The lowest BCUT2D eigenvalue weighted by atomic mass is 10.1. The van der Waals surface area contributed by atoms with Crippen LogP contribution in [0.25, 0.3) is 0 Å². The maximum atomic E-state index is 14.3. The number of hydrogen-bond donors (Lipinski definition) is 3. The first-order valence-electron chi connectivity index (χ1n) is 9.37. The fraction of sp³-hybridized carbons (Fsp3) is 0.632. The Kier molecular flexibility index (Phi) is 9.61. The predicted octanol–water partition coefficient (Wildman–Crippen LogP) is 2.79. The molecule has 1 atom stereocenters. The van der Waals surface area contributed by atoms with E-state index in [0.717, 1.165) is 24.7 Å². The lowest BCUT2D eigenvalue weighted by molar-refractivity contribution is 0.285. The van der Waals surface area contributed by atoms with E-state index in [-0.39, 0.29) is 41.6 Å². The van der Waals surface area contributed by atoms with E-state index in [4.69, 9.17) is 4.74 Å². The molecular formula is C19H32FIN4O3S. The fourth-order valence-corrected chi connectivity index (χ4v) is 3.80. The fourth-order valence-electron chi connectivity index (χ4n) is 2.72. The van der Waals surface area contributed by atoms with Crippen molar-refractivity contribution < 1.29 is 17.5 Å². The largest absolute Gasteiger partial charge is 0.490 e. The molecule has 0 amide bonds. The quantitative estimate of drug-likeness (QED) is 0.254. The first-order valence-corrected chi connectivity index (χ1v) is 11.3. The number of nitrogens with zero attached hydrogens (tertiary/aromatic N) is 1. The van der Waals surface area contributed by atoms with Gasteiger partial charge in [0.25, 0.3) is 0 Å². The zero-order valence-corrected chi connectivity index (χ0v) is 20.7. The van der Waals surface area contributed by atoms with Crippen LogP contribution in [0.15, 0.2) is 23.2 Å². The van der Waals surface area contributed by atoms with Gasteiger partial charge in [-0.2, -0.15) is 0 Å².